The van der Waals surface area contributed by atoms with Gasteiger partial charge in [0.2, 0.25) is 0 Å². The van der Waals surface area contributed by atoms with E-state index < -0.39 is 28.3 Å². The maximum atomic E-state index is 12.0. The van der Waals surface area contributed by atoms with Gasteiger partial charge in [0.15, 0.2) is 11.5 Å². The fourth-order valence-electron chi connectivity index (χ4n) is 0.748. The number of alkyl halides is 3. The smallest absolute Gasteiger partial charge is 0.416 e. The zero-order valence-electron chi connectivity index (χ0n) is 6.06. The Balaban J connectivity index is 3.29. The van der Waals surface area contributed by atoms with Gasteiger partial charge in [-0.05, 0) is 12.1 Å². The molecule has 0 aromatic heterocycles. The van der Waals surface area contributed by atoms with Crippen LogP contribution in [0.15, 0.2) is 12.1 Å². The molecule has 0 atom stereocenters. The highest BCUT2D eigenvalue weighted by Crippen LogP contribution is 2.39. The zero-order chi connectivity index (χ0) is 10.2. The van der Waals surface area contributed by atoms with E-state index in [1.54, 1.807) is 0 Å². The van der Waals surface area contributed by atoms with Crippen molar-refractivity contribution in [2.45, 2.75) is 6.18 Å². The van der Waals surface area contributed by atoms with Crippen molar-refractivity contribution < 1.29 is 23.4 Å². The Morgan fingerprint density at radius 1 is 1.15 bits per heavy atom. The lowest BCUT2D eigenvalue weighted by Crippen LogP contribution is -2.04. The van der Waals surface area contributed by atoms with Gasteiger partial charge in [0.25, 0.3) is 0 Å². The molecule has 0 spiro atoms. The summed E-state index contributed by atoms with van der Waals surface area (Å²) in [6.45, 7) is 0. The van der Waals surface area contributed by atoms with Crippen LogP contribution in [0.3, 0.4) is 0 Å². The highest BCUT2D eigenvalue weighted by molar-refractivity contribution is 6.32. The first-order chi connectivity index (χ1) is 5.82. The van der Waals surface area contributed by atoms with Crippen LogP contribution in [0.2, 0.25) is 5.02 Å². The number of phenols is 2. The van der Waals surface area contributed by atoms with Gasteiger partial charge in [-0.1, -0.05) is 11.6 Å². The molecule has 0 radical (unpaired) electrons. The zero-order valence-corrected chi connectivity index (χ0v) is 6.82. The fourth-order valence-corrected chi connectivity index (χ4v) is 0.963. The summed E-state index contributed by atoms with van der Waals surface area (Å²) in [4.78, 5) is 0. The van der Waals surface area contributed by atoms with Crippen LogP contribution in [0.1, 0.15) is 5.56 Å². The molecular weight excluding hydrogens is 209 g/mol. The molecule has 1 aromatic carbocycles. The second kappa shape index (κ2) is 2.99. The molecule has 72 valence electrons. The molecule has 6 heteroatoms. The fraction of sp³-hybridized carbons (Fsp3) is 0.143. The lowest BCUT2D eigenvalue weighted by molar-refractivity contribution is -0.137. The largest absolute Gasteiger partial charge is 0.504 e. The van der Waals surface area contributed by atoms with E-state index in [9.17, 15) is 13.2 Å². The van der Waals surface area contributed by atoms with Crippen LogP contribution < -0.4 is 0 Å². The van der Waals surface area contributed by atoms with Crippen molar-refractivity contribution in [1.82, 2.24) is 0 Å². The summed E-state index contributed by atoms with van der Waals surface area (Å²) in [5, 5.41) is 17.1. The molecule has 0 fully saturated rings. The quantitative estimate of drug-likeness (QED) is 0.649. The Labute approximate surface area is 76.2 Å². The molecule has 0 saturated carbocycles. The van der Waals surface area contributed by atoms with Crippen LogP contribution in [0.4, 0.5) is 13.2 Å². The SMILES string of the molecule is Oc1cc(C(F)(F)F)cc(Cl)c1O. The third kappa shape index (κ3) is 1.98. The summed E-state index contributed by atoms with van der Waals surface area (Å²) in [5.74, 6) is -1.64. The Morgan fingerprint density at radius 3 is 2.08 bits per heavy atom. The Kier molecular flexibility index (Phi) is 2.30. The number of hydrogen-bond acceptors (Lipinski definition) is 2. The molecule has 0 heterocycles. The predicted octanol–water partition coefficient (Wildman–Crippen LogP) is 2.77. The van der Waals surface area contributed by atoms with Gasteiger partial charge >= 0.3 is 6.18 Å². The summed E-state index contributed by atoms with van der Waals surface area (Å²) in [6.07, 6.45) is -4.59. The molecular formula is C7H4ClF3O2. The maximum Gasteiger partial charge on any atom is 0.416 e. The van der Waals surface area contributed by atoms with Crippen LogP contribution in [0.5, 0.6) is 11.5 Å². The predicted molar refractivity (Wildman–Crippen MR) is 39.8 cm³/mol. The van der Waals surface area contributed by atoms with E-state index in [1.807, 2.05) is 0 Å². The van der Waals surface area contributed by atoms with E-state index in [4.69, 9.17) is 21.8 Å². The molecule has 0 aliphatic rings. The number of benzene rings is 1. The van der Waals surface area contributed by atoms with Crippen LogP contribution >= 0.6 is 11.6 Å². The third-order valence-electron chi connectivity index (χ3n) is 1.37. The molecule has 2 nitrogen and oxygen atoms in total. The van der Waals surface area contributed by atoms with Gasteiger partial charge in [-0.3, -0.25) is 0 Å². The van der Waals surface area contributed by atoms with Crippen LogP contribution in [0, 0.1) is 0 Å². The van der Waals surface area contributed by atoms with Crippen molar-refractivity contribution in [2.75, 3.05) is 0 Å². The molecule has 13 heavy (non-hydrogen) atoms. The molecule has 0 unspecified atom stereocenters. The molecule has 2 N–H and O–H groups in total. The van der Waals surface area contributed by atoms with Gasteiger partial charge in [0, 0.05) is 0 Å². The van der Waals surface area contributed by atoms with Gasteiger partial charge in [0.1, 0.15) is 0 Å². The Morgan fingerprint density at radius 2 is 1.69 bits per heavy atom. The van der Waals surface area contributed by atoms with Crippen molar-refractivity contribution >= 4 is 11.6 Å². The van der Waals surface area contributed by atoms with Crippen LogP contribution in [0.25, 0.3) is 0 Å². The molecule has 0 saturated heterocycles. The molecule has 0 aliphatic carbocycles. The summed E-state index contributed by atoms with van der Waals surface area (Å²) in [7, 11) is 0. The summed E-state index contributed by atoms with van der Waals surface area (Å²) < 4.78 is 36.1. The second-order valence-electron chi connectivity index (χ2n) is 2.32. The topological polar surface area (TPSA) is 40.5 Å². The van der Waals surface area contributed by atoms with Crippen molar-refractivity contribution in [3.05, 3.63) is 22.7 Å². The first kappa shape index (κ1) is 9.98. The Hall–Kier alpha value is -1.10. The molecule has 0 amide bonds. The van der Waals surface area contributed by atoms with Crippen LogP contribution in [-0.4, -0.2) is 10.2 Å². The van der Waals surface area contributed by atoms with Crippen molar-refractivity contribution in [2.24, 2.45) is 0 Å². The minimum Gasteiger partial charge on any atom is -0.504 e. The minimum absolute atomic E-state index is 0.404. The van der Waals surface area contributed by atoms with Crippen molar-refractivity contribution in [3.63, 3.8) is 0 Å². The highest BCUT2D eigenvalue weighted by atomic mass is 35.5. The van der Waals surface area contributed by atoms with Gasteiger partial charge in [-0.25, -0.2) is 0 Å². The lowest BCUT2D eigenvalue weighted by atomic mass is 10.2. The van der Waals surface area contributed by atoms with Gasteiger partial charge in [-0.2, -0.15) is 13.2 Å². The highest BCUT2D eigenvalue weighted by Gasteiger charge is 2.32. The minimum atomic E-state index is -4.59. The van der Waals surface area contributed by atoms with E-state index >= 15 is 0 Å². The number of phenolic OH excluding ortho intramolecular Hbond substituents is 2. The molecule has 1 rings (SSSR count). The number of rotatable bonds is 0. The Bertz CT molecular complexity index is 312. The number of hydrogen-bond donors (Lipinski definition) is 2. The van der Waals surface area contributed by atoms with Gasteiger partial charge in [0.05, 0.1) is 10.6 Å². The maximum absolute atomic E-state index is 12.0. The van der Waals surface area contributed by atoms with E-state index in [0.29, 0.717) is 12.1 Å². The van der Waals surface area contributed by atoms with Crippen molar-refractivity contribution in [1.29, 1.82) is 0 Å². The van der Waals surface area contributed by atoms with E-state index in [1.165, 1.54) is 0 Å². The normalized spacial score (nSPS) is 11.7. The average Bonchev–Trinajstić information content (AvgIpc) is 1.97. The van der Waals surface area contributed by atoms with Crippen molar-refractivity contribution in [3.8, 4) is 11.5 Å². The first-order valence-corrected chi connectivity index (χ1v) is 3.49. The van der Waals surface area contributed by atoms with Gasteiger partial charge < -0.3 is 10.2 Å². The lowest BCUT2D eigenvalue weighted by Gasteiger charge is -2.08. The van der Waals surface area contributed by atoms with Gasteiger partial charge in [-0.15, -0.1) is 0 Å². The average molecular weight is 213 g/mol. The molecule has 0 aliphatic heterocycles. The van der Waals surface area contributed by atoms with E-state index in [2.05, 4.69) is 0 Å². The van der Waals surface area contributed by atoms with Crippen LogP contribution in [-0.2, 0) is 6.18 Å². The number of halogens is 4. The van der Waals surface area contributed by atoms with E-state index in [0.717, 1.165) is 0 Å². The second-order valence-corrected chi connectivity index (χ2v) is 2.73. The summed E-state index contributed by atoms with van der Waals surface area (Å²) >= 11 is 5.22. The first-order valence-electron chi connectivity index (χ1n) is 3.11. The summed E-state index contributed by atoms with van der Waals surface area (Å²) in [6, 6.07) is 0.942. The standard InChI is InChI=1S/C7H4ClF3O2/c8-4-1-3(7(9,10)11)2-5(12)6(4)13/h1-2,12-13H. The number of aromatic hydroxyl groups is 2. The molecule has 1 aromatic rings. The van der Waals surface area contributed by atoms with E-state index in [-0.39, 0.29) is 0 Å². The monoisotopic (exact) mass is 212 g/mol. The molecule has 0 bridgehead atoms. The third-order valence-corrected chi connectivity index (χ3v) is 1.66. The summed E-state index contributed by atoms with van der Waals surface area (Å²) in [5.41, 5.74) is -1.10.